The Morgan fingerprint density at radius 3 is 2.15 bits per heavy atom. The maximum Gasteiger partial charge on any atom is 0.310 e. The van der Waals surface area contributed by atoms with Crippen LogP contribution in [-0.4, -0.2) is 48.9 Å². The number of nitrogens with zero attached hydrogens (tertiary/aromatic N) is 1. The Labute approximate surface area is 233 Å². The van der Waals surface area contributed by atoms with Crippen LogP contribution in [0.3, 0.4) is 0 Å². The fraction of sp³-hybridized carbons (Fsp3) is 0.333. The second-order valence-corrected chi connectivity index (χ2v) is 9.60. The van der Waals surface area contributed by atoms with Gasteiger partial charge in [0, 0.05) is 6.42 Å². The van der Waals surface area contributed by atoms with Gasteiger partial charge >= 0.3 is 17.9 Å². The third kappa shape index (κ3) is 8.53. The van der Waals surface area contributed by atoms with Crippen molar-refractivity contribution in [2.24, 2.45) is 5.92 Å². The molecule has 1 fully saturated rings. The molecule has 214 valence electrons. The summed E-state index contributed by atoms with van der Waals surface area (Å²) >= 11 is 0. The summed E-state index contributed by atoms with van der Waals surface area (Å²) in [6, 6.07) is 12.5. The van der Waals surface area contributed by atoms with E-state index in [2.05, 4.69) is 0 Å². The van der Waals surface area contributed by atoms with E-state index in [9.17, 15) is 32.8 Å². The van der Waals surface area contributed by atoms with Gasteiger partial charge in [0.05, 0.1) is 25.3 Å². The fourth-order valence-electron chi connectivity index (χ4n) is 4.54. The van der Waals surface area contributed by atoms with E-state index in [1.54, 1.807) is 6.08 Å². The van der Waals surface area contributed by atoms with E-state index in [0.717, 1.165) is 6.07 Å². The lowest BCUT2D eigenvalue weighted by Crippen LogP contribution is -2.42. The Kier molecular flexibility index (Phi) is 9.92. The first-order valence-corrected chi connectivity index (χ1v) is 12.8. The van der Waals surface area contributed by atoms with Crippen molar-refractivity contribution in [3.63, 3.8) is 0 Å². The van der Waals surface area contributed by atoms with E-state index in [1.165, 1.54) is 54.6 Å². The van der Waals surface area contributed by atoms with Crippen LogP contribution in [0.25, 0.3) is 0 Å². The van der Waals surface area contributed by atoms with E-state index in [-0.39, 0.29) is 25.7 Å². The summed E-state index contributed by atoms with van der Waals surface area (Å²) < 4.78 is 62.6. The molecule has 0 saturated carbocycles. The van der Waals surface area contributed by atoms with Crippen LogP contribution in [0, 0.1) is 28.9 Å². The molecule has 5 atom stereocenters. The molecule has 1 heterocycles. The summed E-state index contributed by atoms with van der Waals surface area (Å²) in [6.45, 7) is -0.473. The number of hydrogen-bond acceptors (Lipinski definition) is 8. The van der Waals surface area contributed by atoms with Gasteiger partial charge < -0.3 is 18.9 Å². The van der Waals surface area contributed by atoms with E-state index >= 15 is 0 Å². The van der Waals surface area contributed by atoms with Gasteiger partial charge in [0.2, 0.25) is 0 Å². The van der Waals surface area contributed by atoms with Crippen LogP contribution < -0.4 is 0 Å². The number of carbonyl (C=O) groups is 3. The van der Waals surface area contributed by atoms with Crippen molar-refractivity contribution in [2.45, 2.75) is 50.1 Å². The third-order valence-electron chi connectivity index (χ3n) is 6.40. The summed E-state index contributed by atoms with van der Waals surface area (Å²) in [4.78, 5) is 37.9. The topological polar surface area (TPSA) is 112 Å². The summed E-state index contributed by atoms with van der Waals surface area (Å²) in [5.41, 5.74) is 0.682. The first kappa shape index (κ1) is 29.6. The van der Waals surface area contributed by atoms with Crippen molar-refractivity contribution in [1.29, 1.82) is 5.26 Å². The number of benzene rings is 2. The van der Waals surface area contributed by atoms with Gasteiger partial charge in [0.15, 0.2) is 18.3 Å². The number of rotatable bonds is 10. The lowest BCUT2D eigenvalue weighted by Gasteiger charge is -2.24. The molecule has 1 aliphatic carbocycles. The highest BCUT2D eigenvalue weighted by atomic mass is 19.1. The van der Waals surface area contributed by atoms with Gasteiger partial charge in [-0.15, -0.1) is 0 Å². The Morgan fingerprint density at radius 2 is 1.54 bits per heavy atom. The highest BCUT2D eigenvalue weighted by Crippen LogP contribution is 2.29. The summed E-state index contributed by atoms with van der Waals surface area (Å²) in [5.74, 6) is -4.29. The van der Waals surface area contributed by atoms with Gasteiger partial charge in [-0.05, 0) is 47.4 Å². The van der Waals surface area contributed by atoms with Gasteiger partial charge in [-0.1, -0.05) is 36.4 Å². The molecule has 0 N–H and O–H groups in total. The number of ether oxygens (including phenoxy) is 4. The molecule has 0 amide bonds. The Bertz CT molecular complexity index is 1390. The molecule has 0 bridgehead atoms. The molecule has 1 saturated heterocycles. The number of nitriles is 1. The summed E-state index contributed by atoms with van der Waals surface area (Å²) in [7, 11) is 0. The first-order chi connectivity index (χ1) is 19.7. The zero-order chi connectivity index (χ0) is 29.4. The molecule has 8 nitrogen and oxygen atoms in total. The van der Waals surface area contributed by atoms with Crippen LogP contribution in [0.5, 0.6) is 0 Å². The second kappa shape index (κ2) is 13.8. The number of allylic oxidation sites excluding steroid dienone is 4. The lowest BCUT2D eigenvalue weighted by atomic mass is 9.96. The molecule has 11 heteroatoms. The number of esters is 3. The van der Waals surface area contributed by atoms with E-state index < -0.39 is 72.3 Å². The zero-order valence-corrected chi connectivity index (χ0v) is 21.7. The second-order valence-electron chi connectivity index (χ2n) is 9.60. The molecular weight excluding hydrogens is 543 g/mol. The molecule has 2 aliphatic rings. The van der Waals surface area contributed by atoms with Crippen molar-refractivity contribution in [1.82, 2.24) is 0 Å². The standard InChI is InChI=1S/C30H26F3NO7/c31-21-7-1-4-18(10-21)13-26(35)38-17-25-30(41-28(37)15-20-6-3-9-23(33)12-20)29(24(16-34)39-25)40-27(36)14-19-5-2-8-22(32)11-19/h1-10,12,19,24-25,29-30H,11,13-15,17H2/t19?,24?,25-,29?,30?/m1/s1. The van der Waals surface area contributed by atoms with Crippen LogP contribution in [0.1, 0.15) is 24.0 Å². The minimum atomic E-state index is -1.39. The van der Waals surface area contributed by atoms with E-state index in [1.807, 2.05) is 6.07 Å². The van der Waals surface area contributed by atoms with Crippen molar-refractivity contribution in [3.05, 3.63) is 95.3 Å². The van der Waals surface area contributed by atoms with E-state index in [4.69, 9.17) is 18.9 Å². The summed E-state index contributed by atoms with van der Waals surface area (Å²) in [5, 5.41) is 9.68. The Hall–Kier alpha value is -4.43. The van der Waals surface area contributed by atoms with Crippen molar-refractivity contribution in [3.8, 4) is 6.07 Å². The highest BCUT2D eigenvalue weighted by molar-refractivity contribution is 5.74. The first-order valence-electron chi connectivity index (χ1n) is 12.8. The maximum atomic E-state index is 13.6. The van der Waals surface area contributed by atoms with Crippen LogP contribution in [-0.2, 0) is 46.2 Å². The molecule has 4 unspecified atom stereocenters. The maximum absolute atomic E-state index is 13.6. The highest BCUT2D eigenvalue weighted by Gasteiger charge is 2.50. The largest absolute Gasteiger partial charge is 0.463 e. The van der Waals surface area contributed by atoms with Gasteiger partial charge in [0.1, 0.15) is 30.2 Å². The number of halogens is 3. The number of hydrogen-bond donors (Lipinski definition) is 0. The van der Waals surface area contributed by atoms with Gasteiger partial charge in [-0.2, -0.15) is 5.26 Å². The van der Waals surface area contributed by atoms with Crippen molar-refractivity contribution in [2.75, 3.05) is 6.61 Å². The third-order valence-corrected chi connectivity index (χ3v) is 6.40. The van der Waals surface area contributed by atoms with Crippen molar-refractivity contribution >= 4 is 17.9 Å². The minimum absolute atomic E-state index is 0.00435. The average molecular weight is 570 g/mol. The molecular formula is C30H26F3NO7. The fourth-order valence-corrected chi connectivity index (χ4v) is 4.54. The van der Waals surface area contributed by atoms with Gasteiger partial charge in [0.25, 0.3) is 0 Å². The predicted octanol–water partition coefficient (Wildman–Crippen LogP) is 4.23. The molecule has 0 radical (unpaired) electrons. The molecule has 0 spiro atoms. The minimum Gasteiger partial charge on any atom is -0.463 e. The smallest absolute Gasteiger partial charge is 0.310 e. The van der Waals surface area contributed by atoms with Crippen LogP contribution in [0.4, 0.5) is 13.2 Å². The molecule has 41 heavy (non-hydrogen) atoms. The predicted molar refractivity (Wildman–Crippen MR) is 136 cm³/mol. The molecule has 2 aromatic rings. The average Bonchev–Trinajstić information content (AvgIpc) is 3.23. The van der Waals surface area contributed by atoms with Crippen LogP contribution in [0.15, 0.2) is 72.6 Å². The monoisotopic (exact) mass is 569 g/mol. The van der Waals surface area contributed by atoms with Gasteiger partial charge in [-0.3, -0.25) is 14.4 Å². The SMILES string of the molecule is N#CC1O[C@H](COC(=O)Cc2cccc(F)c2)C(OC(=O)Cc2cccc(F)c2)C1OC(=O)CC1C=CC=C(F)C1. The zero-order valence-electron chi connectivity index (χ0n) is 21.7. The normalized spacial score (nSPS) is 23.3. The Morgan fingerprint density at radius 1 is 0.902 bits per heavy atom. The molecule has 1 aliphatic heterocycles. The molecule has 2 aromatic carbocycles. The Balaban J connectivity index is 1.45. The number of carbonyl (C=O) groups excluding carboxylic acids is 3. The van der Waals surface area contributed by atoms with E-state index in [0.29, 0.717) is 11.1 Å². The summed E-state index contributed by atoms with van der Waals surface area (Å²) in [6.07, 6.45) is -1.69. The molecule has 4 rings (SSSR count). The van der Waals surface area contributed by atoms with Crippen molar-refractivity contribution < 1.29 is 46.5 Å². The lowest BCUT2D eigenvalue weighted by molar-refractivity contribution is -0.168. The molecule has 0 aromatic heterocycles. The quantitative estimate of drug-likeness (QED) is 0.309. The van der Waals surface area contributed by atoms with Crippen LogP contribution in [0.2, 0.25) is 0 Å². The van der Waals surface area contributed by atoms with Gasteiger partial charge in [-0.25, -0.2) is 13.2 Å². The van der Waals surface area contributed by atoms with Crippen LogP contribution >= 0.6 is 0 Å².